The summed E-state index contributed by atoms with van der Waals surface area (Å²) in [5.74, 6) is 2.66. The molecule has 104 valence electrons. The van der Waals surface area contributed by atoms with Crippen LogP contribution in [0.4, 0.5) is 0 Å². The van der Waals surface area contributed by atoms with E-state index < -0.39 is 0 Å². The summed E-state index contributed by atoms with van der Waals surface area (Å²) in [6.07, 6.45) is 3.77. The van der Waals surface area contributed by atoms with Crippen molar-refractivity contribution >= 4 is 5.91 Å². The van der Waals surface area contributed by atoms with Gasteiger partial charge in [-0.2, -0.15) is 0 Å². The number of carbonyl (C=O) groups excluding carboxylic acids is 1. The molecule has 0 spiro atoms. The molecule has 3 heteroatoms. The van der Waals surface area contributed by atoms with Gasteiger partial charge >= 0.3 is 0 Å². The third kappa shape index (κ3) is 3.25. The summed E-state index contributed by atoms with van der Waals surface area (Å²) in [5.41, 5.74) is 0. The lowest BCUT2D eigenvalue weighted by molar-refractivity contribution is -0.139. The Morgan fingerprint density at radius 1 is 1.33 bits per heavy atom. The average Bonchev–Trinajstić information content (AvgIpc) is 2.25. The van der Waals surface area contributed by atoms with Gasteiger partial charge in [0.25, 0.3) is 0 Å². The highest BCUT2D eigenvalue weighted by molar-refractivity contribution is 5.79. The highest BCUT2D eigenvalue weighted by Crippen LogP contribution is 2.26. The summed E-state index contributed by atoms with van der Waals surface area (Å²) in [4.78, 5) is 14.6. The summed E-state index contributed by atoms with van der Waals surface area (Å²) in [6.45, 7) is 10.7. The molecule has 2 atom stereocenters. The van der Waals surface area contributed by atoms with Gasteiger partial charge in [0.05, 0.1) is 0 Å². The summed E-state index contributed by atoms with van der Waals surface area (Å²) in [6, 6.07) is 0. The monoisotopic (exact) mass is 252 g/mol. The van der Waals surface area contributed by atoms with Gasteiger partial charge in [0.1, 0.15) is 0 Å². The smallest absolute Gasteiger partial charge is 0.225 e. The number of rotatable bonds is 4. The summed E-state index contributed by atoms with van der Waals surface area (Å²) >= 11 is 0. The standard InChI is InChI=1S/C15H28N2O/c1-11(2)7-13-5-4-6-17(10-13)15(18)12(3)14-8-16-9-14/h11-14,16H,4-10H2,1-3H3. The maximum atomic E-state index is 12.5. The molecule has 0 aromatic rings. The van der Waals surface area contributed by atoms with Crippen LogP contribution in [0, 0.1) is 23.7 Å². The second-order valence-electron chi connectivity index (χ2n) is 6.63. The van der Waals surface area contributed by atoms with Crippen molar-refractivity contribution in [3.8, 4) is 0 Å². The van der Waals surface area contributed by atoms with Crippen molar-refractivity contribution in [3.05, 3.63) is 0 Å². The first kappa shape index (κ1) is 13.9. The van der Waals surface area contributed by atoms with Crippen LogP contribution in [0.15, 0.2) is 0 Å². The Balaban J connectivity index is 1.85. The van der Waals surface area contributed by atoms with Crippen molar-refractivity contribution in [2.45, 2.75) is 40.0 Å². The molecule has 0 aromatic carbocycles. The molecule has 2 unspecified atom stereocenters. The van der Waals surface area contributed by atoms with E-state index in [1.165, 1.54) is 19.3 Å². The van der Waals surface area contributed by atoms with Crippen molar-refractivity contribution in [1.29, 1.82) is 0 Å². The van der Waals surface area contributed by atoms with E-state index >= 15 is 0 Å². The van der Waals surface area contributed by atoms with Gasteiger partial charge in [0.15, 0.2) is 0 Å². The fraction of sp³-hybridized carbons (Fsp3) is 0.933. The Morgan fingerprint density at radius 3 is 2.61 bits per heavy atom. The third-order valence-electron chi connectivity index (χ3n) is 4.55. The first-order chi connectivity index (χ1) is 8.58. The molecule has 0 aliphatic carbocycles. The zero-order valence-electron chi connectivity index (χ0n) is 12.1. The van der Waals surface area contributed by atoms with Crippen LogP contribution < -0.4 is 5.32 Å². The van der Waals surface area contributed by atoms with Gasteiger partial charge in [-0.05, 0) is 50.1 Å². The van der Waals surface area contributed by atoms with Gasteiger partial charge in [-0.25, -0.2) is 0 Å². The minimum atomic E-state index is 0.212. The molecule has 0 bridgehead atoms. The Morgan fingerprint density at radius 2 is 2.06 bits per heavy atom. The van der Waals surface area contributed by atoms with Crippen molar-refractivity contribution in [2.24, 2.45) is 23.7 Å². The van der Waals surface area contributed by atoms with E-state index in [1.54, 1.807) is 0 Å². The van der Waals surface area contributed by atoms with Crippen LogP contribution >= 0.6 is 0 Å². The highest BCUT2D eigenvalue weighted by Gasteiger charge is 2.33. The molecule has 0 saturated carbocycles. The first-order valence-corrected chi connectivity index (χ1v) is 7.57. The maximum Gasteiger partial charge on any atom is 0.225 e. The van der Waals surface area contributed by atoms with Gasteiger partial charge in [-0.15, -0.1) is 0 Å². The molecule has 2 aliphatic heterocycles. The lowest BCUT2D eigenvalue weighted by Gasteiger charge is -2.38. The normalized spacial score (nSPS) is 27.1. The Bertz CT molecular complexity index is 286. The predicted molar refractivity (Wildman–Crippen MR) is 74.3 cm³/mol. The number of likely N-dealkylation sites (tertiary alicyclic amines) is 1. The molecule has 0 aromatic heterocycles. The topological polar surface area (TPSA) is 32.3 Å². The number of nitrogens with zero attached hydrogens (tertiary/aromatic N) is 1. The number of amides is 1. The Hall–Kier alpha value is -0.570. The van der Waals surface area contributed by atoms with Crippen molar-refractivity contribution < 1.29 is 4.79 Å². The van der Waals surface area contributed by atoms with Crippen LogP contribution in [0.1, 0.15) is 40.0 Å². The fourth-order valence-corrected chi connectivity index (χ4v) is 3.28. The van der Waals surface area contributed by atoms with E-state index in [0.29, 0.717) is 11.8 Å². The Kier molecular flexibility index (Phi) is 4.66. The van der Waals surface area contributed by atoms with Crippen LogP contribution in [0.5, 0.6) is 0 Å². The lowest BCUT2D eigenvalue weighted by Crippen LogP contribution is -2.52. The molecule has 0 radical (unpaired) electrons. The van der Waals surface area contributed by atoms with Crippen molar-refractivity contribution in [3.63, 3.8) is 0 Å². The van der Waals surface area contributed by atoms with Crippen LogP contribution in [0.2, 0.25) is 0 Å². The molecule has 2 fully saturated rings. The van der Waals surface area contributed by atoms with E-state index in [9.17, 15) is 4.79 Å². The summed E-state index contributed by atoms with van der Waals surface area (Å²) in [5, 5.41) is 3.26. The largest absolute Gasteiger partial charge is 0.342 e. The van der Waals surface area contributed by atoms with Gasteiger partial charge in [0, 0.05) is 19.0 Å². The molecular formula is C15H28N2O. The van der Waals surface area contributed by atoms with E-state index in [1.807, 2.05) is 0 Å². The molecule has 1 amide bonds. The van der Waals surface area contributed by atoms with Gasteiger partial charge in [0.2, 0.25) is 5.91 Å². The van der Waals surface area contributed by atoms with E-state index in [4.69, 9.17) is 0 Å². The number of hydrogen-bond acceptors (Lipinski definition) is 2. The van der Waals surface area contributed by atoms with Crippen LogP contribution in [0.3, 0.4) is 0 Å². The number of carbonyl (C=O) groups is 1. The predicted octanol–water partition coefficient (Wildman–Crippen LogP) is 2.13. The molecular weight excluding hydrogens is 224 g/mol. The number of nitrogens with one attached hydrogen (secondary N) is 1. The third-order valence-corrected chi connectivity index (χ3v) is 4.55. The maximum absolute atomic E-state index is 12.5. The molecule has 2 rings (SSSR count). The van der Waals surface area contributed by atoms with Gasteiger partial charge in [-0.1, -0.05) is 20.8 Å². The fourth-order valence-electron chi connectivity index (χ4n) is 3.28. The van der Waals surface area contributed by atoms with E-state index in [0.717, 1.165) is 38.0 Å². The van der Waals surface area contributed by atoms with Crippen LogP contribution in [-0.2, 0) is 4.79 Å². The van der Waals surface area contributed by atoms with Gasteiger partial charge in [-0.3, -0.25) is 4.79 Å². The zero-order chi connectivity index (χ0) is 13.1. The second kappa shape index (κ2) is 6.05. The number of piperidine rings is 1. The van der Waals surface area contributed by atoms with Crippen LogP contribution in [0.25, 0.3) is 0 Å². The second-order valence-corrected chi connectivity index (χ2v) is 6.63. The van der Waals surface area contributed by atoms with Crippen molar-refractivity contribution in [2.75, 3.05) is 26.2 Å². The molecule has 1 N–H and O–H groups in total. The summed E-state index contributed by atoms with van der Waals surface area (Å²) < 4.78 is 0. The molecule has 3 nitrogen and oxygen atoms in total. The molecule has 2 saturated heterocycles. The average molecular weight is 252 g/mol. The van der Waals surface area contributed by atoms with Gasteiger partial charge < -0.3 is 10.2 Å². The van der Waals surface area contributed by atoms with Crippen molar-refractivity contribution in [1.82, 2.24) is 10.2 Å². The Labute approximate surface area is 111 Å². The molecule has 2 aliphatic rings. The highest BCUT2D eigenvalue weighted by atomic mass is 16.2. The summed E-state index contributed by atoms with van der Waals surface area (Å²) in [7, 11) is 0. The lowest BCUT2D eigenvalue weighted by atomic mass is 9.85. The first-order valence-electron chi connectivity index (χ1n) is 7.57. The quantitative estimate of drug-likeness (QED) is 0.831. The zero-order valence-corrected chi connectivity index (χ0v) is 12.1. The molecule has 2 heterocycles. The minimum Gasteiger partial charge on any atom is -0.342 e. The van der Waals surface area contributed by atoms with Crippen LogP contribution in [-0.4, -0.2) is 37.0 Å². The molecule has 18 heavy (non-hydrogen) atoms. The minimum absolute atomic E-state index is 0.212. The van der Waals surface area contributed by atoms with E-state index in [-0.39, 0.29) is 5.92 Å². The number of hydrogen-bond donors (Lipinski definition) is 1. The SMILES string of the molecule is CC(C)CC1CCCN(C(=O)C(C)C2CNC2)C1. The van der Waals surface area contributed by atoms with E-state index in [2.05, 4.69) is 31.0 Å².